The van der Waals surface area contributed by atoms with Crippen LogP contribution in [0.3, 0.4) is 0 Å². The molecule has 0 spiro atoms. The van der Waals surface area contributed by atoms with Gasteiger partial charge in [-0.3, -0.25) is 0 Å². The van der Waals surface area contributed by atoms with E-state index in [0.29, 0.717) is 12.3 Å². The standard InChI is InChI=1S/C23H19NO3/c25-23(27-16-18-9-5-2-6-10-18)22-14-19-13-20(11-12-21(19)24-22)26-15-17-7-3-1-4-8-17/h1-14,24H,15-16H2. The smallest absolute Gasteiger partial charge is 0.355 e. The van der Waals surface area contributed by atoms with Gasteiger partial charge in [-0.1, -0.05) is 60.7 Å². The summed E-state index contributed by atoms with van der Waals surface area (Å²) in [6.45, 7) is 0.753. The summed E-state index contributed by atoms with van der Waals surface area (Å²) in [6.07, 6.45) is 0. The van der Waals surface area contributed by atoms with Crippen LogP contribution in [0.5, 0.6) is 5.75 Å². The average molecular weight is 357 g/mol. The van der Waals surface area contributed by atoms with Crippen molar-refractivity contribution in [3.8, 4) is 5.75 Å². The average Bonchev–Trinajstić information content (AvgIpc) is 3.15. The Morgan fingerprint density at radius 3 is 2.15 bits per heavy atom. The maximum atomic E-state index is 12.3. The van der Waals surface area contributed by atoms with Crippen molar-refractivity contribution in [2.45, 2.75) is 13.2 Å². The second kappa shape index (κ2) is 7.79. The fraction of sp³-hybridized carbons (Fsp3) is 0.0870. The summed E-state index contributed by atoms with van der Waals surface area (Å²) in [5.41, 5.74) is 3.37. The van der Waals surface area contributed by atoms with E-state index < -0.39 is 0 Å². The Morgan fingerprint density at radius 2 is 1.44 bits per heavy atom. The van der Waals surface area contributed by atoms with Gasteiger partial charge in [-0.15, -0.1) is 0 Å². The Labute approximate surface area is 157 Å². The van der Waals surface area contributed by atoms with Gasteiger partial charge >= 0.3 is 5.97 Å². The molecule has 0 amide bonds. The van der Waals surface area contributed by atoms with Gasteiger partial charge in [0.2, 0.25) is 0 Å². The second-order valence-electron chi connectivity index (χ2n) is 6.27. The van der Waals surface area contributed by atoms with Gasteiger partial charge in [0.05, 0.1) is 0 Å². The van der Waals surface area contributed by atoms with Crippen LogP contribution in [-0.4, -0.2) is 11.0 Å². The molecule has 0 unspecified atom stereocenters. The first kappa shape index (κ1) is 16.9. The van der Waals surface area contributed by atoms with Crippen LogP contribution in [0.1, 0.15) is 21.6 Å². The molecule has 4 heteroatoms. The molecule has 1 aromatic heterocycles. The maximum absolute atomic E-state index is 12.3. The largest absolute Gasteiger partial charge is 0.489 e. The molecule has 4 nitrogen and oxygen atoms in total. The number of hydrogen-bond donors (Lipinski definition) is 1. The van der Waals surface area contributed by atoms with Crippen molar-refractivity contribution < 1.29 is 14.3 Å². The molecule has 27 heavy (non-hydrogen) atoms. The topological polar surface area (TPSA) is 51.3 Å². The van der Waals surface area contributed by atoms with Gasteiger partial charge < -0.3 is 14.5 Å². The molecule has 0 aliphatic heterocycles. The minimum atomic E-state index is -0.373. The Hall–Kier alpha value is -3.53. The van der Waals surface area contributed by atoms with E-state index in [9.17, 15) is 4.79 Å². The number of aromatic amines is 1. The molecule has 0 aliphatic carbocycles. The number of aromatic nitrogens is 1. The number of H-pyrrole nitrogens is 1. The van der Waals surface area contributed by atoms with E-state index in [1.54, 1.807) is 6.07 Å². The van der Waals surface area contributed by atoms with Crippen LogP contribution in [0.25, 0.3) is 10.9 Å². The number of rotatable bonds is 6. The lowest BCUT2D eigenvalue weighted by Gasteiger charge is -2.06. The lowest BCUT2D eigenvalue weighted by atomic mass is 10.2. The first-order valence-electron chi connectivity index (χ1n) is 8.78. The highest BCUT2D eigenvalue weighted by atomic mass is 16.5. The molecule has 1 heterocycles. The maximum Gasteiger partial charge on any atom is 0.355 e. The van der Waals surface area contributed by atoms with Crippen LogP contribution < -0.4 is 4.74 Å². The lowest BCUT2D eigenvalue weighted by Crippen LogP contribution is -2.05. The van der Waals surface area contributed by atoms with E-state index in [-0.39, 0.29) is 12.6 Å². The summed E-state index contributed by atoms with van der Waals surface area (Å²) in [5.74, 6) is 0.386. The quantitative estimate of drug-likeness (QED) is 0.488. The summed E-state index contributed by atoms with van der Waals surface area (Å²) in [6, 6.07) is 27.1. The molecule has 0 fully saturated rings. The third kappa shape index (κ3) is 4.18. The zero-order chi connectivity index (χ0) is 18.5. The molecule has 0 saturated heterocycles. The minimum Gasteiger partial charge on any atom is -0.489 e. The summed E-state index contributed by atoms with van der Waals surface area (Å²) in [4.78, 5) is 15.4. The van der Waals surface area contributed by atoms with Crippen LogP contribution in [-0.2, 0) is 18.0 Å². The van der Waals surface area contributed by atoms with Crippen molar-refractivity contribution in [1.29, 1.82) is 0 Å². The number of benzene rings is 3. The molecule has 0 saturated carbocycles. The summed E-state index contributed by atoms with van der Waals surface area (Å²) >= 11 is 0. The Balaban J connectivity index is 1.43. The molecule has 0 bridgehead atoms. The second-order valence-corrected chi connectivity index (χ2v) is 6.27. The molecular formula is C23H19NO3. The van der Waals surface area contributed by atoms with E-state index in [4.69, 9.17) is 9.47 Å². The number of carbonyl (C=O) groups is 1. The number of nitrogens with one attached hydrogen (secondary N) is 1. The van der Waals surface area contributed by atoms with Gasteiger partial charge in [0, 0.05) is 10.9 Å². The SMILES string of the molecule is O=C(OCc1ccccc1)c1cc2cc(OCc3ccccc3)ccc2[nH]1. The Bertz CT molecular complexity index is 1040. The molecule has 0 aliphatic rings. The number of ether oxygens (including phenoxy) is 2. The van der Waals surface area contributed by atoms with Crippen molar-refractivity contribution in [2.24, 2.45) is 0 Å². The van der Waals surface area contributed by atoms with Gasteiger partial charge in [0.15, 0.2) is 0 Å². The van der Waals surface area contributed by atoms with Crippen molar-refractivity contribution in [3.63, 3.8) is 0 Å². The molecule has 0 atom stereocenters. The van der Waals surface area contributed by atoms with Crippen molar-refractivity contribution >= 4 is 16.9 Å². The van der Waals surface area contributed by atoms with E-state index in [1.807, 2.05) is 78.9 Å². The van der Waals surface area contributed by atoms with Gasteiger partial charge in [-0.2, -0.15) is 0 Å². The van der Waals surface area contributed by atoms with Crippen LogP contribution in [0.15, 0.2) is 84.9 Å². The van der Waals surface area contributed by atoms with Gasteiger partial charge in [0.25, 0.3) is 0 Å². The third-order valence-electron chi connectivity index (χ3n) is 4.27. The van der Waals surface area contributed by atoms with Gasteiger partial charge in [-0.25, -0.2) is 4.79 Å². The Kier molecular flexibility index (Phi) is 4.88. The molecule has 1 N–H and O–H groups in total. The number of hydrogen-bond acceptors (Lipinski definition) is 3. The summed E-state index contributed by atoms with van der Waals surface area (Å²) in [7, 11) is 0. The highest BCUT2D eigenvalue weighted by molar-refractivity contribution is 5.95. The molecule has 134 valence electrons. The zero-order valence-corrected chi connectivity index (χ0v) is 14.7. The monoisotopic (exact) mass is 357 g/mol. The normalized spacial score (nSPS) is 10.7. The van der Waals surface area contributed by atoms with E-state index in [0.717, 1.165) is 27.8 Å². The lowest BCUT2D eigenvalue weighted by molar-refractivity contribution is 0.0467. The van der Waals surface area contributed by atoms with Crippen LogP contribution in [0, 0.1) is 0 Å². The predicted octanol–water partition coefficient (Wildman–Crippen LogP) is 5.10. The summed E-state index contributed by atoms with van der Waals surface area (Å²) < 4.78 is 11.2. The first-order chi connectivity index (χ1) is 13.3. The molecule has 4 aromatic rings. The van der Waals surface area contributed by atoms with E-state index in [2.05, 4.69) is 4.98 Å². The Morgan fingerprint density at radius 1 is 0.778 bits per heavy atom. The number of esters is 1. The minimum absolute atomic E-state index is 0.250. The van der Waals surface area contributed by atoms with Gasteiger partial charge in [0.1, 0.15) is 24.7 Å². The number of carbonyl (C=O) groups excluding carboxylic acids is 1. The third-order valence-corrected chi connectivity index (χ3v) is 4.27. The molecule has 4 rings (SSSR count). The molecular weight excluding hydrogens is 338 g/mol. The molecule has 0 radical (unpaired) electrons. The van der Waals surface area contributed by atoms with E-state index in [1.165, 1.54) is 0 Å². The van der Waals surface area contributed by atoms with Crippen molar-refractivity contribution in [1.82, 2.24) is 4.98 Å². The van der Waals surface area contributed by atoms with Crippen LogP contribution in [0.2, 0.25) is 0 Å². The number of fused-ring (bicyclic) bond motifs is 1. The van der Waals surface area contributed by atoms with Crippen LogP contribution >= 0.6 is 0 Å². The van der Waals surface area contributed by atoms with E-state index >= 15 is 0 Å². The van der Waals surface area contributed by atoms with Crippen molar-refractivity contribution in [3.05, 3.63) is 102 Å². The molecule has 3 aromatic carbocycles. The fourth-order valence-corrected chi connectivity index (χ4v) is 2.85. The summed E-state index contributed by atoms with van der Waals surface area (Å²) in [5, 5.41) is 0.909. The predicted molar refractivity (Wildman–Crippen MR) is 105 cm³/mol. The highest BCUT2D eigenvalue weighted by Crippen LogP contribution is 2.23. The van der Waals surface area contributed by atoms with Crippen molar-refractivity contribution in [2.75, 3.05) is 0 Å². The van der Waals surface area contributed by atoms with Gasteiger partial charge in [-0.05, 0) is 35.4 Å². The van der Waals surface area contributed by atoms with Crippen LogP contribution in [0.4, 0.5) is 0 Å². The first-order valence-corrected chi connectivity index (χ1v) is 8.78. The zero-order valence-electron chi connectivity index (χ0n) is 14.7. The fourth-order valence-electron chi connectivity index (χ4n) is 2.85. The highest BCUT2D eigenvalue weighted by Gasteiger charge is 2.12.